The van der Waals surface area contributed by atoms with Crippen LogP contribution in [-0.2, 0) is 6.42 Å². The molecule has 0 fully saturated rings. The van der Waals surface area contributed by atoms with Gasteiger partial charge in [0.2, 0.25) is 0 Å². The highest BCUT2D eigenvalue weighted by atomic mass is 16.6. The van der Waals surface area contributed by atoms with Crippen molar-refractivity contribution in [3.8, 4) is 5.75 Å². The molecule has 0 saturated heterocycles. The molecule has 0 aliphatic rings. The molecule has 21 heavy (non-hydrogen) atoms. The van der Waals surface area contributed by atoms with E-state index in [2.05, 4.69) is 0 Å². The van der Waals surface area contributed by atoms with E-state index in [0.717, 1.165) is 12.8 Å². The number of aryl methyl sites for hydroxylation is 1. The standard InChI is InChI=1S/C16H15NO4/c18-12-14-8-9-15(17(19)20)16(11-14)21-10-4-7-13-5-2-1-3-6-13/h1-3,5-6,8-9,11-12H,4,7,10H2. The van der Waals surface area contributed by atoms with Gasteiger partial charge in [0.25, 0.3) is 0 Å². The molecule has 5 nitrogen and oxygen atoms in total. The van der Waals surface area contributed by atoms with Crippen LogP contribution in [-0.4, -0.2) is 17.8 Å². The predicted molar refractivity (Wildman–Crippen MR) is 78.7 cm³/mol. The number of ether oxygens (including phenoxy) is 1. The molecule has 0 heterocycles. The monoisotopic (exact) mass is 285 g/mol. The smallest absolute Gasteiger partial charge is 0.310 e. The van der Waals surface area contributed by atoms with Gasteiger partial charge in [0, 0.05) is 11.6 Å². The Balaban J connectivity index is 1.95. The van der Waals surface area contributed by atoms with Gasteiger partial charge in [0.1, 0.15) is 6.29 Å². The maximum absolute atomic E-state index is 10.9. The lowest BCUT2D eigenvalue weighted by atomic mass is 10.1. The largest absolute Gasteiger partial charge is 0.487 e. The Morgan fingerprint density at radius 1 is 1.14 bits per heavy atom. The van der Waals surface area contributed by atoms with Crippen LogP contribution in [0, 0.1) is 10.1 Å². The van der Waals surface area contributed by atoms with Crippen molar-refractivity contribution < 1.29 is 14.5 Å². The van der Waals surface area contributed by atoms with Crippen LogP contribution < -0.4 is 4.74 Å². The summed E-state index contributed by atoms with van der Waals surface area (Å²) in [6.07, 6.45) is 2.22. The molecule has 0 aliphatic carbocycles. The fourth-order valence-corrected chi connectivity index (χ4v) is 1.97. The number of benzene rings is 2. The van der Waals surface area contributed by atoms with Crippen LogP contribution >= 0.6 is 0 Å². The molecule has 0 bridgehead atoms. The van der Waals surface area contributed by atoms with Crippen molar-refractivity contribution in [2.24, 2.45) is 0 Å². The average Bonchev–Trinajstić information content (AvgIpc) is 2.52. The minimum Gasteiger partial charge on any atom is -0.487 e. The number of nitro benzene ring substituents is 1. The van der Waals surface area contributed by atoms with E-state index in [4.69, 9.17) is 4.74 Å². The Labute approximate surface area is 122 Å². The van der Waals surface area contributed by atoms with Crippen LogP contribution in [0.5, 0.6) is 5.75 Å². The molecule has 0 aliphatic heterocycles. The second kappa shape index (κ2) is 7.19. The van der Waals surface area contributed by atoms with Gasteiger partial charge in [0.05, 0.1) is 11.5 Å². The van der Waals surface area contributed by atoms with Gasteiger partial charge < -0.3 is 4.74 Å². The van der Waals surface area contributed by atoms with Crippen LogP contribution in [0.3, 0.4) is 0 Å². The minimum absolute atomic E-state index is 0.125. The van der Waals surface area contributed by atoms with Crippen LogP contribution in [0.2, 0.25) is 0 Å². The van der Waals surface area contributed by atoms with E-state index in [1.165, 1.54) is 23.8 Å². The molecule has 108 valence electrons. The van der Waals surface area contributed by atoms with E-state index >= 15 is 0 Å². The zero-order chi connectivity index (χ0) is 15.1. The third-order valence-corrected chi connectivity index (χ3v) is 3.03. The maximum atomic E-state index is 10.9. The Morgan fingerprint density at radius 2 is 1.90 bits per heavy atom. The number of aldehydes is 1. The van der Waals surface area contributed by atoms with Crippen molar-refractivity contribution in [3.05, 3.63) is 69.8 Å². The molecular formula is C16H15NO4. The van der Waals surface area contributed by atoms with Gasteiger partial charge in [-0.2, -0.15) is 0 Å². The first-order valence-corrected chi connectivity index (χ1v) is 6.61. The second-order valence-electron chi connectivity index (χ2n) is 4.54. The van der Waals surface area contributed by atoms with Crippen molar-refractivity contribution in [3.63, 3.8) is 0 Å². The van der Waals surface area contributed by atoms with Crippen molar-refractivity contribution >= 4 is 12.0 Å². The van der Waals surface area contributed by atoms with Crippen LogP contribution in [0.4, 0.5) is 5.69 Å². The number of hydrogen-bond acceptors (Lipinski definition) is 4. The summed E-state index contributed by atoms with van der Waals surface area (Å²) < 4.78 is 5.46. The predicted octanol–water partition coefficient (Wildman–Crippen LogP) is 3.42. The number of nitrogens with zero attached hydrogens (tertiary/aromatic N) is 1. The molecule has 0 N–H and O–H groups in total. The van der Waals surface area contributed by atoms with Crippen LogP contribution in [0.25, 0.3) is 0 Å². The topological polar surface area (TPSA) is 69.4 Å². The van der Waals surface area contributed by atoms with Crippen LogP contribution in [0.15, 0.2) is 48.5 Å². The van der Waals surface area contributed by atoms with Crippen LogP contribution in [0.1, 0.15) is 22.3 Å². The summed E-state index contributed by atoms with van der Waals surface area (Å²) in [7, 11) is 0. The summed E-state index contributed by atoms with van der Waals surface area (Å²) in [6.45, 7) is 0.359. The molecule has 2 aromatic rings. The molecule has 0 aromatic heterocycles. The molecule has 0 atom stereocenters. The third kappa shape index (κ3) is 4.14. The van der Waals surface area contributed by atoms with E-state index < -0.39 is 4.92 Å². The van der Waals surface area contributed by atoms with E-state index in [1.54, 1.807) is 0 Å². The molecule has 0 saturated carbocycles. The highest BCUT2D eigenvalue weighted by Crippen LogP contribution is 2.27. The minimum atomic E-state index is -0.513. The first-order chi connectivity index (χ1) is 10.2. The summed E-state index contributed by atoms with van der Waals surface area (Å²) in [5.74, 6) is 0.137. The highest BCUT2D eigenvalue weighted by molar-refractivity contribution is 5.76. The number of carbonyl (C=O) groups is 1. The van der Waals surface area contributed by atoms with Gasteiger partial charge >= 0.3 is 5.69 Å². The van der Waals surface area contributed by atoms with E-state index in [1.807, 2.05) is 30.3 Å². The number of nitro groups is 1. The van der Waals surface area contributed by atoms with Gasteiger partial charge in [-0.15, -0.1) is 0 Å². The zero-order valence-electron chi connectivity index (χ0n) is 11.4. The van der Waals surface area contributed by atoms with E-state index in [0.29, 0.717) is 18.5 Å². The van der Waals surface area contributed by atoms with Gasteiger partial charge in [-0.25, -0.2) is 0 Å². The lowest BCUT2D eigenvalue weighted by Gasteiger charge is -2.07. The summed E-state index contributed by atoms with van der Waals surface area (Å²) in [4.78, 5) is 21.1. The fourth-order valence-electron chi connectivity index (χ4n) is 1.97. The Kier molecular flexibility index (Phi) is 5.04. The number of rotatable bonds is 7. The summed E-state index contributed by atoms with van der Waals surface area (Å²) >= 11 is 0. The second-order valence-corrected chi connectivity index (χ2v) is 4.54. The zero-order valence-corrected chi connectivity index (χ0v) is 11.4. The van der Waals surface area contributed by atoms with Crippen molar-refractivity contribution in [2.75, 3.05) is 6.61 Å². The normalized spacial score (nSPS) is 10.1. The van der Waals surface area contributed by atoms with Gasteiger partial charge in [0.15, 0.2) is 5.75 Å². The molecule has 0 amide bonds. The van der Waals surface area contributed by atoms with Gasteiger partial charge in [-0.05, 0) is 30.5 Å². The summed E-state index contributed by atoms with van der Waals surface area (Å²) in [5, 5.41) is 10.9. The van der Waals surface area contributed by atoms with Gasteiger partial charge in [-0.1, -0.05) is 30.3 Å². The van der Waals surface area contributed by atoms with Gasteiger partial charge in [-0.3, -0.25) is 14.9 Å². The molecule has 0 radical (unpaired) electrons. The molecule has 0 spiro atoms. The lowest BCUT2D eigenvalue weighted by molar-refractivity contribution is -0.385. The fraction of sp³-hybridized carbons (Fsp3) is 0.188. The van der Waals surface area contributed by atoms with Crippen molar-refractivity contribution in [1.29, 1.82) is 0 Å². The Bertz CT molecular complexity index is 625. The maximum Gasteiger partial charge on any atom is 0.310 e. The molecular weight excluding hydrogens is 270 g/mol. The first kappa shape index (κ1) is 14.7. The number of hydrogen-bond donors (Lipinski definition) is 0. The SMILES string of the molecule is O=Cc1ccc([N+](=O)[O-])c(OCCCc2ccccc2)c1. The molecule has 0 unspecified atom stereocenters. The number of carbonyl (C=O) groups excluding carboxylic acids is 1. The highest BCUT2D eigenvalue weighted by Gasteiger charge is 2.15. The Hall–Kier alpha value is -2.69. The van der Waals surface area contributed by atoms with E-state index in [-0.39, 0.29) is 11.4 Å². The molecule has 5 heteroatoms. The average molecular weight is 285 g/mol. The van der Waals surface area contributed by atoms with Crippen molar-refractivity contribution in [1.82, 2.24) is 0 Å². The van der Waals surface area contributed by atoms with Crippen molar-refractivity contribution in [2.45, 2.75) is 12.8 Å². The third-order valence-electron chi connectivity index (χ3n) is 3.03. The first-order valence-electron chi connectivity index (χ1n) is 6.61. The quantitative estimate of drug-likeness (QED) is 0.338. The lowest BCUT2D eigenvalue weighted by Crippen LogP contribution is -2.02. The van der Waals surface area contributed by atoms with E-state index in [9.17, 15) is 14.9 Å². The molecule has 2 aromatic carbocycles. The summed E-state index contributed by atoms with van der Waals surface area (Å²) in [6, 6.07) is 14.0. The Morgan fingerprint density at radius 3 is 2.57 bits per heavy atom. The molecule has 2 rings (SSSR count). The summed E-state index contributed by atoms with van der Waals surface area (Å²) in [5.41, 5.74) is 1.43.